The molecule has 182 valence electrons. The molecule has 0 unspecified atom stereocenters. The topological polar surface area (TPSA) is 110 Å². The van der Waals surface area contributed by atoms with Gasteiger partial charge in [-0.3, -0.25) is 23.4 Å². The van der Waals surface area contributed by atoms with Crippen molar-refractivity contribution in [3.63, 3.8) is 0 Å². The first-order valence-electron chi connectivity index (χ1n) is 11.4. The van der Waals surface area contributed by atoms with Crippen molar-refractivity contribution in [2.45, 2.75) is 51.9 Å². The van der Waals surface area contributed by atoms with E-state index in [1.165, 1.54) is 16.3 Å². The van der Waals surface area contributed by atoms with Gasteiger partial charge in [0.05, 0.1) is 16.7 Å². The lowest BCUT2D eigenvalue weighted by Gasteiger charge is -2.12. The maximum atomic E-state index is 13.2. The minimum atomic E-state index is -0.234. The van der Waals surface area contributed by atoms with Gasteiger partial charge < -0.3 is 10.6 Å². The number of nitrogens with zero attached hydrogens (tertiary/aromatic N) is 4. The van der Waals surface area contributed by atoms with Crippen LogP contribution < -0.4 is 16.2 Å². The summed E-state index contributed by atoms with van der Waals surface area (Å²) in [5.41, 5.74) is 3.32. The van der Waals surface area contributed by atoms with E-state index in [9.17, 15) is 14.4 Å². The Morgan fingerprint density at radius 1 is 1.03 bits per heavy atom. The SMILES string of the molecule is Cc1cccc(NC(=O)CSc2nnc3n(CCC(=O)NC(C)C)c(=O)c4ccccc4n23)c1C. The number of anilines is 1. The fourth-order valence-electron chi connectivity index (χ4n) is 3.84. The monoisotopic (exact) mass is 492 g/mol. The van der Waals surface area contributed by atoms with Gasteiger partial charge >= 0.3 is 0 Å². The molecular formula is C25H28N6O3S. The smallest absolute Gasteiger partial charge is 0.262 e. The molecule has 35 heavy (non-hydrogen) atoms. The van der Waals surface area contributed by atoms with Crippen molar-refractivity contribution >= 4 is 45.9 Å². The second-order valence-electron chi connectivity index (χ2n) is 8.65. The van der Waals surface area contributed by atoms with E-state index in [1.54, 1.807) is 16.5 Å². The van der Waals surface area contributed by atoms with E-state index in [2.05, 4.69) is 20.8 Å². The van der Waals surface area contributed by atoms with Crippen LogP contribution in [0.4, 0.5) is 5.69 Å². The molecule has 0 saturated carbocycles. The standard InChI is InChI=1S/C25H28N6O3S/c1-15(2)26-21(32)12-13-30-23(34)18-9-5-6-11-20(18)31-24(30)28-29-25(31)35-14-22(33)27-19-10-7-8-16(3)17(19)4/h5-11,15H,12-14H2,1-4H3,(H,26,32)(H,27,33). The predicted molar refractivity (Wildman–Crippen MR) is 138 cm³/mol. The molecule has 0 bridgehead atoms. The maximum Gasteiger partial charge on any atom is 0.262 e. The zero-order valence-electron chi connectivity index (χ0n) is 20.2. The minimum absolute atomic E-state index is 0.0154. The number of thioether (sulfide) groups is 1. The van der Waals surface area contributed by atoms with Gasteiger partial charge in [-0.15, -0.1) is 10.2 Å². The number of hydrogen-bond donors (Lipinski definition) is 2. The highest BCUT2D eigenvalue weighted by Gasteiger charge is 2.18. The number of amides is 2. The number of aryl methyl sites for hydroxylation is 2. The summed E-state index contributed by atoms with van der Waals surface area (Å²) in [5, 5.41) is 15.3. The highest BCUT2D eigenvalue weighted by molar-refractivity contribution is 7.99. The molecule has 9 nitrogen and oxygen atoms in total. The summed E-state index contributed by atoms with van der Waals surface area (Å²) < 4.78 is 3.24. The van der Waals surface area contributed by atoms with Crippen LogP contribution in [0.25, 0.3) is 16.7 Å². The Balaban J connectivity index is 1.62. The molecule has 4 aromatic rings. The Morgan fingerprint density at radius 3 is 2.57 bits per heavy atom. The van der Waals surface area contributed by atoms with Crippen LogP contribution >= 0.6 is 11.8 Å². The quantitative estimate of drug-likeness (QED) is 0.365. The zero-order chi connectivity index (χ0) is 25.1. The first kappa shape index (κ1) is 24.5. The number of fused-ring (bicyclic) bond motifs is 3. The van der Waals surface area contributed by atoms with Gasteiger partial charge in [0.2, 0.25) is 17.6 Å². The third kappa shape index (κ3) is 5.22. The van der Waals surface area contributed by atoms with Crippen LogP contribution in [0.3, 0.4) is 0 Å². The van der Waals surface area contributed by atoms with E-state index in [4.69, 9.17) is 0 Å². The molecule has 0 aliphatic rings. The van der Waals surface area contributed by atoms with Crippen molar-refractivity contribution in [2.75, 3.05) is 11.1 Å². The number of carbonyl (C=O) groups is 2. The fourth-order valence-corrected chi connectivity index (χ4v) is 4.58. The molecule has 4 rings (SSSR count). The number of benzene rings is 2. The second kappa shape index (κ2) is 10.3. The minimum Gasteiger partial charge on any atom is -0.354 e. The molecule has 0 aliphatic heterocycles. The van der Waals surface area contributed by atoms with Gasteiger partial charge in [0.1, 0.15) is 0 Å². The van der Waals surface area contributed by atoms with Crippen LogP contribution in [0.1, 0.15) is 31.4 Å². The van der Waals surface area contributed by atoms with Crippen molar-refractivity contribution < 1.29 is 9.59 Å². The van der Waals surface area contributed by atoms with E-state index >= 15 is 0 Å². The van der Waals surface area contributed by atoms with Crippen LogP contribution in [0.5, 0.6) is 0 Å². The number of nitrogens with one attached hydrogen (secondary N) is 2. The molecule has 10 heteroatoms. The highest BCUT2D eigenvalue weighted by atomic mass is 32.2. The number of rotatable bonds is 8. The molecule has 2 aromatic heterocycles. The molecule has 0 spiro atoms. The largest absolute Gasteiger partial charge is 0.354 e. The predicted octanol–water partition coefficient (Wildman–Crippen LogP) is 3.31. The van der Waals surface area contributed by atoms with E-state index in [-0.39, 0.29) is 42.1 Å². The molecule has 2 aromatic carbocycles. The van der Waals surface area contributed by atoms with E-state index in [1.807, 2.05) is 58.0 Å². The second-order valence-corrected chi connectivity index (χ2v) is 9.59. The van der Waals surface area contributed by atoms with Crippen molar-refractivity contribution in [1.29, 1.82) is 0 Å². The summed E-state index contributed by atoms with van der Waals surface area (Å²) in [6, 6.07) is 13.0. The molecule has 2 heterocycles. The summed E-state index contributed by atoms with van der Waals surface area (Å²) in [5.74, 6) is 0.153. The average Bonchev–Trinajstić information content (AvgIpc) is 3.24. The molecule has 0 atom stereocenters. The third-order valence-electron chi connectivity index (χ3n) is 5.70. The van der Waals surface area contributed by atoms with Gasteiger partial charge in [-0.05, 0) is 57.0 Å². The molecule has 0 aliphatic carbocycles. The Bertz CT molecular complexity index is 1470. The Labute approximate surface area is 206 Å². The lowest BCUT2D eigenvalue weighted by molar-refractivity contribution is -0.121. The molecule has 0 saturated heterocycles. The van der Waals surface area contributed by atoms with E-state index in [0.29, 0.717) is 21.8 Å². The summed E-state index contributed by atoms with van der Waals surface area (Å²) >= 11 is 1.24. The molecule has 0 fully saturated rings. The zero-order valence-corrected chi connectivity index (χ0v) is 21.0. The fraction of sp³-hybridized carbons (Fsp3) is 0.320. The lowest BCUT2D eigenvalue weighted by atomic mass is 10.1. The van der Waals surface area contributed by atoms with Crippen LogP contribution in [0.15, 0.2) is 52.4 Å². The van der Waals surface area contributed by atoms with Crippen molar-refractivity contribution in [3.05, 3.63) is 63.9 Å². The van der Waals surface area contributed by atoms with Crippen LogP contribution in [-0.2, 0) is 16.1 Å². The van der Waals surface area contributed by atoms with Crippen molar-refractivity contribution in [1.82, 2.24) is 24.5 Å². The van der Waals surface area contributed by atoms with Gasteiger partial charge in [0, 0.05) is 24.7 Å². The Hall–Kier alpha value is -3.66. The summed E-state index contributed by atoms with van der Waals surface area (Å²) in [6.07, 6.45) is 0.139. The van der Waals surface area contributed by atoms with Gasteiger partial charge in [-0.25, -0.2) is 0 Å². The van der Waals surface area contributed by atoms with Gasteiger partial charge in [0.15, 0.2) is 5.16 Å². The van der Waals surface area contributed by atoms with Crippen LogP contribution in [-0.4, -0.2) is 42.8 Å². The van der Waals surface area contributed by atoms with Crippen LogP contribution in [0, 0.1) is 13.8 Å². The molecule has 0 radical (unpaired) electrons. The lowest BCUT2D eigenvalue weighted by Crippen LogP contribution is -2.32. The molecule has 2 amide bonds. The number of aromatic nitrogens is 4. The third-order valence-corrected chi connectivity index (χ3v) is 6.63. The first-order chi connectivity index (χ1) is 16.8. The molecular weight excluding hydrogens is 464 g/mol. The number of hydrogen-bond acceptors (Lipinski definition) is 6. The Morgan fingerprint density at radius 2 is 1.80 bits per heavy atom. The average molecular weight is 493 g/mol. The first-order valence-corrected chi connectivity index (χ1v) is 12.4. The maximum absolute atomic E-state index is 13.2. The van der Waals surface area contributed by atoms with Gasteiger partial charge in [-0.1, -0.05) is 36.0 Å². The van der Waals surface area contributed by atoms with Crippen molar-refractivity contribution in [3.8, 4) is 0 Å². The normalized spacial score (nSPS) is 11.3. The van der Waals surface area contributed by atoms with Gasteiger partial charge in [0.25, 0.3) is 5.56 Å². The van der Waals surface area contributed by atoms with E-state index in [0.717, 1.165) is 16.8 Å². The van der Waals surface area contributed by atoms with Crippen molar-refractivity contribution in [2.24, 2.45) is 0 Å². The summed E-state index contributed by atoms with van der Waals surface area (Å²) in [4.78, 5) is 38.1. The summed E-state index contributed by atoms with van der Waals surface area (Å²) in [6.45, 7) is 7.91. The highest BCUT2D eigenvalue weighted by Crippen LogP contribution is 2.23. The number of carbonyl (C=O) groups excluding carboxylic acids is 2. The molecule has 2 N–H and O–H groups in total. The van der Waals surface area contributed by atoms with Crippen LogP contribution in [0.2, 0.25) is 0 Å². The number of para-hydroxylation sites is 1. The van der Waals surface area contributed by atoms with Gasteiger partial charge in [-0.2, -0.15) is 0 Å². The van der Waals surface area contributed by atoms with E-state index < -0.39 is 0 Å². The summed E-state index contributed by atoms with van der Waals surface area (Å²) in [7, 11) is 0. The Kier molecular flexibility index (Phi) is 7.20.